The summed E-state index contributed by atoms with van der Waals surface area (Å²) in [5.74, 6) is -0.0773. The van der Waals surface area contributed by atoms with E-state index in [0.29, 0.717) is 22.1 Å². The molecule has 0 radical (unpaired) electrons. The number of thiocarbonyl (C=S) groups is 1. The van der Waals surface area contributed by atoms with Crippen LogP contribution in [0.5, 0.6) is 0 Å². The second-order valence-corrected chi connectivity index (χ2v) is 5.28. The van der Waals surface area contributed by atoms with Gasteiger partial charge in [-0.15, -0.1) is 0 Å². The van der Waals surface area contributed by atoms with E-state index in [0.717, 1.165) is 5.56 Å². The highest BCUT2D eigenvalue weighted by molar-refractivity contribution is 7.80. The first-order valence-electron chi connectivity index (χ1n) is 5.64. The number of rotatable bonds is 4. The number of nitrogens with two attached hydrogens (primary N) is 1. The molecule has 0 heterocycles. The summed E-state index contributed by atoms with van der Waals surface area (Å²) in [4.78, 5) is 14.3. The number of amides is 1. The van der Waals surface area contributed by atoms with Crippen LogP contribution in [-0.4, -0.2) is 29.4 Å². The highest BCUT2D eigenvalue weighted by Crippen LogP contribution is 2.20. The molecule has 5 heteroatoms. The minimum atomic E-state index is -0.0712. The molecule has 98 valence electrons. The third-order valence-corrected chi connectivity index (χ3v) is 3.69. The Balaban J connectivity index is 2.87. The third kappa shape index (κ3) is 3.43. The van der Waals surface area contributed by atoms with E-state index in [2.05, 4.69) is 0 Å². The molecule has 18 heavy (non-hydrogen) atoms. The molecule has 0 spiro atoms. The first kappa shape index (κ1) is 14.9. The lowest BCUT2D eigenvalue weighted by Gasteiger charge is -2.22. The van der Waals surface area contributed by atoms with Gasteiger partial charge in [-0.1, -0.05) is 36.8 Å². The van der Waals surface area contributed by atoms with Gasteiger partial charge in [-0.05, 0) is 24.6 Å². The number of carbonyl (C=O) groups excluding carboxylic acids is 1. The van der Waals surface area contributed by atoms with E-state index in [4.69, 9.17) is 29.6 Å². The molecule has 1 aromatic carbocycles. The van der Waals surface area contributed by atoms with Gasteiger partial charge in [0.2, 0.25) is 0 Å². The van der Waals surface area contributed by atoms with Crippen molar-refractivity contribution in [3.05, 3.63) is 34.3 Å². The fourth-order valence-electron chi connectivity index (χ4n) is 1.63. The Morgan fingerprint density at radius 1 is 1.56 bits per heavy atom. The predicted octanol–water partition coefficient (Wildman–Crippen LogP) is 2.64. The Morgan fingerprint density at radius 2 is 2.17 bits per heavy atom. The Kier molecular flexibility index (Phi) is 5.11. The van der Waals surface area contributed by atoms with Gasteiger partial charge in [0.25, 0.3) is 5.91 Å². The summed E-state index contributed by atoms with van der Waals surface area (Å²) in [6.45, 7) is 4.23. The van der Waals surface area contributed by atoms with Crippen molar-refractivity contribution >= 4 is 34.7 Å². The Hall–Kier alpha value is -1.13. The molecule has 0 aliphatic rings. The second kappa shape index (κ2) is 6.16. The van der Waals surface area contributed by atoms with Crippen LogP contribution in [0.4, 0.5) is 0 Å². The summed E-state index contributed by atoms with van der Waals surface area (Å²) in [6.07, 6.45) is 0. The monoisotopic (exact) mass is 284 g/mol. The molecule has 1 aromatic rings. The van der Waals surface area contributed by atoms with Crippen LogP contribution in [0, 0.1) is 12.8 Å². The molecule has 2 N–H and O–H groups in total. The molecule has 0 aliphatic carbocycles. The molecule has 1 amide bonds. The zero-order chi connectivity index (χ0) is 13.9. The van der Waals surface area contributed by atoms with Crippen LogP contribution in [0.15, 0.2) is 18.2 Å². The van der Waals surface area contributed by atoms with Gasteiger partial charge in [0, 0.05) is 30.1 Å². The van der Waals surface area contributed by atoms with Gasteiger partial charge in [-0.3, -0.25) is 4.79 Å². The summed E-state index contributed by atoms with van der Waals surface area (Å²) in [5, 5.41) is 0.594. The lowest BCUT2D eigenvalue weighted by atomic mass is 10.1. The average molecular weight is 285 g/mol. The van der Waals surface area contributed by atoms with Gasteiger partial charge in [0.15, 0.2) is 0 Å². The second-order valence-electron chi connectivity index (χ2n) is 4.40. The van der Waals surface area contributed by atoms with E-state index in [1.54, 1.807) is 30.1 Å². The maximum absolute atomic E-state index is 12.3. The molecular weight excluding hydrogens is 268 g/mol. The van der Waals surface area contributed by atoms with Gasteiger partial charge >= 0.3 is 0 Å². The van der Waals surface area contributed by atoms with E-state index in [9.17, 15) is 4.79 Å². The first-order valence-corrected chi connectivity index (χ1v) is 6.43. The summed E-state index contributed by atoms with van der Waals surface area (Å²) in [7, 11) is 1.73. The molecule has 0 aromatic heterocycles. The smallest absolute Gasteiger partial charge is 0.253 e. The normalized spacial score (nSPS) is 12.0. The largest absolute Gasteiger partial charge is 0.393 e. The molecule has 0 fully saturated rings. The number of halogens is 1. The van der Waals surface area contributed by atoms with Crippen LogP contribution in [0.3, 0.4) is 0 Å². The number of hydrogen-bond donors (Lipinski definition) is 1. The fourth-order valence-corrected chi connectivity index (χ4v) is 1.88. The summed E-state index contributed by atoms with van der Waals surface area (Å²) in [6, 6.07) is 5.31. The van der Waals surface area contributed by atoms with E-state index in [-0.39, 0.29) is 11.8 Å². The lowest BCUT2D eigenvalue weighted by Crippen LogP contribution is -2.35. The van der Waals surface area contributed by atoms with Crippen LogP contribution in [0.1, 0.15) is 22.8 Å². The number of hydrogen-bond acceptors (Lipinski definition) is 2. The third-order valence-electron chi connectivity index (χ3n) is 2.88. The predicted molar refractivity (Wildman–Crippen MR) is 79.1 cm³/mol. The quantitative estimate of drug-likeness (QED) is 0.865. The van der Waals surface area contributed by atoms with Crippen molar-refractivity contribution < 1.29 is 4.79 Å². The van der Waals surface area contributed by atoms with Crippen LogP contribution >= 0.6 is 23.8 Å². The number of nitrogens with zero attached hydrogens (tertiary/aromatic N) is 1. The first-order chi connectivity index (χ1) is 8.34. The lowest BCUT2D eigenvalue weighted by molar-refractivity contribution is 0.0786. The minimum Gasteiger partial charge on any atom is -0.393 e. The van der Waals surface area contributed by atoms with Gasteiger partial charge in [-0.25, -0.2) is 0 Å². The van der Waals surface area contributed by atoms with Crippen molar-refractivity contribution in [1.82, 2.24) is 4.90 Å². The molecule has 0 bridgehead atoms. The van der Waals surface area contributed by atoms with E-state index in [1.807, 2.05) is 13.8 Å². The summed E-state index contributed by atoms with van der Waals surface area (Å²) in [5.41, 5.74) is 6.95. The highest BCUT2D eigenvalue weighted by atomic mass is 35.5. The van der Waals surface area contributed by atoms with Crippen LogP contribution in [0.25, 0.3) is 0 Å². The Labute approximate surface area is 118 Å². The van der Waals surface area contributed by atoms with Crippen LogP contribution in [-0.2, 0) is 0 Å². The molecule has 3 nitrogen and oxygen atoms in total. The highest BCUT2D eigenvalue weighted by Gasteiger charge is 2.18. The molecule has 0 aliphatic heterocycles. The maximum Gasteiger partial charge on any atom is 0.253 e. The van der Waals surface area contributed by atoms with Crippen molar-refractivity contribution in [2.75, 3.05) is 13.6 Å². The van der Waals surface area contributed by atoms with Crippen LogP contribution in [0.2, 0.25) is 5.02 Å². The van der Waals surface area contributed by atoms with Gasteiger partial charge in [0.1, 0.15) is 0 Å². The van der Waals surface area contributed by atoms with Crippen molar-refractivity contribution in [2.45, 2.75) is 13.8 Å². The number of carbonyl (C=O) groups is 1. The van der Waals surface area contributed by atoms with Gasteiger partial charge < -0.3 is 10.6 Å². The Morgan fingerprint density at radius 3 is 2.72 bits per heavy atom. The topological polar surface area (TPSA) is 46.3 Å². The SMILES string of the molecule is Cc1c(Cl)cccc1C(=O)N(C)CC(C)C(N)=S. The van der Waals surface area contributed by atoms with Crippen LogP contribution < -0.4 is 5.73 Å². The summed E-state index contributed by atoms with van der Waals surface area (Å²) < 4.78 is 0. The zero-order valence-electron chi connectivity index (χ0n) is 10.7. The molecular formula is C13H17ClN2OS. The van der Waals surface area contributed by atoms with E-state index in [1.165, 1.54) is 0 Å². The van der Waals surface area contributed by atoms with Crippen molar-refractivity contribution in [1.29, 1.82) is 0 Å². The van der Waals surface area contributed by atoms with Crippen molar-refractivity contribution in [3.8, 4) is 0 Å². The number of benzene rings is 1. The van der Waals surface area contributed by atoms with E-state index >= 15 is 0 Å². The maximum atomic E-state index is 12.3. The molecule has 0 saturated heterocycles. The molecule has 1 rings (SSSR count). The van der Waals surface area contributed by atoms with E-state index < -0.39 is 0 Å². The molecule has 0 saturated carbocycles. The fraction of sp³-hybridized carbons (Fsp3) is 0.385. The Bertz CT molecular complexity index is 476. The standard InChI is InChI=1S/C13H17ClN2OS/c1-8(12(15)18)7-16(3)13(17)10-5-4-6-11(14)9(10)2/h4-6,8H,7H2,1-3H3,(H2,15,18). The average Bonchev–Trinajstić information content (AvgIpc) is 2.31. The minimum absolute atomic E-state index is 0.00607. The van der Waals surface area contributed by atoms with Gasteiger partial charge in [0.05, 0.1) is 4.99 Å². The summed E-state index contributed by atoms with van der Waals surface area (Å²) >= 11 is 10.9. The molecule has 1 unspecified atom stereocenters. The zero-order valence-corrected chi connectivity index (χ0v) is 12.3. The van der Waals surface area contributed by atoms with Crippen molar-refractivity contribution in [3.63, 3.8) is 0 Å². The molecule has 1 atom stereocenters. The van der Waals surface area contributed by atoms with Gasteiger partial charge in [-0.2, -0.15) is 0 Å². The van der Waals surface area contributed by atoms with Crippen molar-refractivity contribution in [2.24, 2.45) is 11.7 Å².